The molecule has 4 nitrogen and oxygen atoms in total. The maximum Gasteiger partial charge on any atom is 0.163 e. The largest absolute Gasteiger partial charge is 0.506 e. The number of rotatable bonds is 4. The molecule has 2 rings (SSSR count). The van der Waals surface area contributed by atoms with E-state index in [2.05, 4.69) is 10.2 Å². The number of nitrogens with zero attached hydrogens (tertiary/aromatic N) is 1. The number of alkyl halides is 1. The number of aromatic hydroxyl groups is 1. The third kappa shape index (κ3) is 4.59. The summed E-state index contributed by atoms with van der Waals surface area (Å²) in [5, 5.41) is 13.5. The molecule has 0 amide bonds. The summed E-state index contributed by atoms with van der Waals surface area (Å²) < 4.78 is 14.6. The third-order valence-electron chi connectivity index (χ3n) is 3.83. The molecule has 0 aromatic heterocycles. The molecule has 0 spiro atoms. The van der Waals surface area contributed by atoms with Gasteiger partial charge < -0.3 is 16.2 Å². The van der Waals surface area contributed by atoms with Crippen molar-refractivity contribution in [3.63, 3.8) is 0 Å². The SMILES string of the molecule is NC(=S)NCC1(F)CCN(Cc2cc(Cl)cc(Cl)c2O)CC1. The first-order valence-corrected chi connectivity index (χ1v) is 8.07. The summed E-state index contributed by atoms with van der Waals surface area (Å²) in [5.41, 5.74) is 4.67. The lowest BCUT2D eigenvalue weighted by molar-refractivity contribution is 0.0582. The Morgan fingerprint density at radius 2 is 2.05 bits per heavy atom. The Morgan fingerprint density at radius 1 is 1.41 bits per heavy atom. The van der Waals surface area contributed by atoms with E-state index in [0.29, 0.717) is 43.1 Å². The molecule has 1 aromatic carbocycles. The predicted molar refractivity (Wildman–Crippen MR) is 91.3 cm³/mol. The fraction of sp³-hybridized carbons (Fsp3) is 0.500. The molecule has 1 heterocycles. The smallest absolute Gasteiger partial charge is 0.163 e. The summed E-state index contributed by atoms with van der Waals surface area (Å²) in [4.78, 5) is 2.06. The molecule has 122 valence electrons. The van der Waals surface area contributed by atoms with Crippen molar-refractivity contribution in [1.29, 1.82) is 0 Å². The molecule has 0 radical (unpaired) electrons. The minimum Gasteiger partial charge on any atom is -0.506 e. The van der Waals surface area contributed by atoms with Gasteiger partial charge in [-0.2, -0.15) is 0 Å². The Balaban J connectivity index is 1.94. The molecule has 1 saturated heterocycles. The van der Waals surface area contributed by atoms with Gasteiger partial charge in [-0.25, -0.2) is 4.39 Å². The monoisotopic (exact) mass is 365 g/mol. The molecule has 1 aliphatic rings. The van der Waals surface area contributed by atoms with E-state index in [1.165, 1.54) is 6.07 Å². The number of thiocarbonyl (C=S) groups is 1. The van der Waals surface area contributed by atoms with E-state index < -0.39 is 5.67 Å². The number of halogens is 3. The van der Waals surface area contributed by atoms with E-state index in [1.807, 2.05) is 0 Å². The highest BCUT2D eigenvalue weighted by molar-refractivity contribution is 7.80. The van der Waals surface area contributed by atoms with Crippen LogP contribution in [0.15, 0.2) is 12.1 Å². The van der Waals surface area contributed by atoms with Crippen LogP contribution < -0.4 is 11.1 Å². The Bertz CT molecular complexity index is 565. The quantitative estimate of drug-likeness (QED) is 0.716. The van der Waals surface area contributed by atoms with E-state index in [0.717, 1.165) is 0 Å². The molecule has 0 atom stereocenters. The molecule has 1 aromatic rings. The molecule has 0 unspecified atom stereocenters. The molecular weight excluding hydrogens is 348 g/mol. The van der Waals surface area contributed by atoms with Crippen LogP contribution in [0.4, 0.5) is 4.39 Å². The second-order valence-electron chi connectivity index (χ2n) is 5.54. The van der Waals surface area contributed by atoms with Crippen LogP contribution in [0, 0.1) is 0 Å². The second-order valence-corrected chi connectivity index (χ2v) is 6.82. The molecule has 0 aliphatic carbocycles. The summed E-state index contributed by atoms with van der Waals surface area (Å²) in [6.45, 7) is 1.74. The minimum absolute atomic E-state index is 0.0262. The highest BCUT2D eigenvalue weighted by Crippen LogP contribution is 2.33. The molecule has 8 heteroatoms. The summed E-state index contributed by atoms with van der Waals surface area (Å²) in [6.07, 6.45) is 0.745. The van der Waals surface area contributed by atoms with Crippen LogP contribution in [0.3, 0.4) is 0 Å². The Labute approximate surface area is 144 Å². The van der Waals surface area contributed by atoms with E-state index in [-0.39, 0.29) is 22.4 Å². The number of piperidine rings is 1. The number of hydrogen-bond donors (Lipinski definition) is 3. The number of nitrogens with two attached hydrogens (primary N) is 1. The average molecular weight is 366 g/mol. The van der Waals surface area contributed by atoms with E-state index in [1.54, 1.807) is 6.07 Å². The van der Waals surface area contributed by atoms with Crippen molar-refractivity contribution in [3.05, 3.63) is 27.7 Å². The van der Waals surface area contributed by atoms with Crippen molar-refractivity contribution in [3.8, 4) is 5.75 Å². The van der Waals surface area contributed by atoms with Gasteiger partial charge in [-0.1, -0.05) is 23.2 Å². The molecule has 1 aliphatic heterocycles. The van der Waals surface area contributed by atoms with Crippen molar-refractivity contribution in [2.75, 3.05) is 19.6 Å². The Morgan fingerprint density at radius 3 is 2.64 bits per heavy atom. The number of likely N-dealkylation sites (tertiary alicyclic amines) is 1. The van der Waals surface area contributed by atoms with Crippen molar-refractivity contribution in [1.82, 2.24) is 10.2 Å². The van der Waals surface area contributed by atoms with Crippen LogP contribution in [-0.4, -0.2) is 40.4 Å². The van der Waals surface area contributed by atoms with Crippen LogP contribution in [0.2, 0.25) is 10.0 Å². The van der Waals surface area contributed by atoms with Crippen LogP contribution in [0.1, 0.15) is 18.4 Å². The fourth-order valence-corrected chi connectivity index (χ4v) is 3.12. The first-order valence-electron chi connectivity index (χ1n) is 6.90. The number of nitrogens with one attached hydrogen (secondary N) is 1. The zero-order valence-electron chi connectivity index (χ0n) is 11.9. The topological polar surface area (TPSA) is 61.5 Å². The Kier molecular flexibility index (Phi) is 5.71. The molecule has 1 fully saturated rings. The van der Waals surface area contributed by atoms with Crippen molar-refractivity contribution in [2.45, 2.75) is 25.1 Å². The third-order valence-corrected chi connectivity index (χ3v) is 4.48. The van der Waals surface area contributed by atoms with Crippen LogP contribution >= 0.6 is 35.4 Å². The molecule has 0 bridgehead atoms. The normalized spacial score (nSPS) is 18.1. The molecule has 0 saturated carbocycles. The van der Waals surface area contributed by atoms with Gasteiger partial charge in [-0.15, -0.1) is 0 Å². The van der Waals surface area contributed by atoms with Crippen molar-refractivity contribution in [2.24, 2.45) is 5.73 Å². The predicted octanol–water partition coefficient (Wildman–Crippen LogP) is 2.84. The summed E-state index contributed by atoms with van der Waals surface area (Å²) in [7, 11) is 0. The van der Waals surface area contributed by atoms with Gasteiger partial charge in [0, 0.05) is 30.2 Å². The fourth-order valence-electron chi connectivity index (χ4n) is 2.51. The van der Waals surface area contributed by atoms with Crippen LogP contribution in [-0.2, 0) is 6.54 Å². The van der Waals surface area contributed by atoms with Crippen molar-refractivity contribution < 1.29 is 9.50 Å². The van der Waals surface area contributed by atoms with E-state index in [9.17, 15) is 9.50 Å². The maximum atomic E-state index is 14.6. The van der Waals surface area contributed by atoms with Gasteiger partial charge in [0.15, 0.2) is 5.11 Å². The van der Waals surface area contributed by atoms with Gasteiger partial charge in [-0.3, -0.25) is 4.90 Å². The average Bonchev–Trinajstić information content (AvgIpc) is 2.45. The van der Waals surface area contributed by atoms with Gasteiger partial charge >= 0.3 is 0 Å². The molecule has 22 heavy (non-hydrogen) atoms. The van der Waals surface area contributed by atoms with Gasteiger partial charge in [0.2, 0.25) is 0 Å². The summed E-state index contributed by atoms with van der Waals surface area (Å²) in [6, 6.07) is 3.17. The van der Waals surface area contributed by atoms with E-state index >= 15 is 0 Å². The molecular formula is C14H18Cl2FN3OS. The lowest BCUT2D eigenvalue weighted by atomic mass is 9.93. The highest BCUT2D eigenvalue weighted by atomic mass is 35.5. The standard InChI is InChI=1S/C14H18Cl2FN3OS/c15-10-5-9(12(21)11(16)6-10)7-20-3-1-14(17,2-4-20)8-19-13(18)22/h5-6,21H,1-4,7-8H2,(H3,18,19,22). The van der Waals surface area contributed by atoms with Crippen LogP contribution in [0.5, 0.6) is 5.75 Å². The van der Waals surface area contributed by atoms with Gasteiger partial charge in [0.05, 0.1) is 11.6 Å². The number of phenols is 1. The zero-order chi connectivity index (χ0) is 16.3. The van der Waals surface area contributed by atoms with Crippen molar-refractivity contribution >= 4 is 40.5 Å². The maximum absolute atomic E-state index is 14.6. The van der Waals surface area contributed by atoms with Gasteiger partial charge in [0.1, 0.15) is 11.4 Å². The van der Waals surface area contributed by atoms with E-state index in [4.69, 9.17) is 41.2 Å². The minimum atomic E-state index is -1.31. The number of benzene rings is 1. The van der Waals surface area contributed by atoms with Crippen LogP contribution in [0.25, 0.3) is 0 Å². The number of phenolic OH excluding ortho intramolecular Hbond substituents is 1. The zero-order valence-corrected chi connectivity index (χ0v) is 14.2. The van der Waals surface area contributed by atoms with Gasteiger partial charge in [-0.05, 0) is 37.2 Å². The lowest BCUT2D eigenvalue weighted by Gasteiger charge is -2.36. The number of hydrogen-bond acceptors (Lipinski definition) is 3. The highest BCUT2D eigenvalue weighted by Gasteiger charge is 2.34. The second kappa shape index (κ2) is 7.17. The van der Waals surface area contributed by atoms with Gasteiger partial charge in [0.25, 0.3) is 0 Å². The first-order chi connectivity index (χ1) is 10.3. The Hall–Kier alpha value is -0.820. The first kappa shape index (κ1) is 17.5. The molecule has 4 N–H and O–H groups in total. The lowest BCUT2D eigenvalue weighted by Crippen LogP contribution is -2.48. The summed E-state index contributed by atoms with van der Waals surface area (Å²) >= 11 is 16.6. The summed E-state index contributed by atoms with van der Waals surface area (Å²) in [5.74, 6) is 0.0262.